The first-order chi connectivity index (χ1) is 8.15. The zero-order valence-electron chi connectivity index (χ0n) is 10.6. The maximum absolute atomic E-state index is 3.60. The van der Waals surface area contributed by atoms with Gasteiger partial charge in [0.25, 0.3) is 0 Å². The van der Waals surface area contributed by atoms with Crippen molar-refractivity contribution >= 4 is 22.7 Å². The van der Waals surface area contributed by atoms with Crippen LogP contribution >= 0.6 is 22.7 Å². The summed E-state index contributed by atoms with van der Waals surface area (Å²) in [5, 5.41) is 7.98. The second kappa shape index (κ2) is 5.80. The van der Waals surface area contributed by atoms with Gasteiger partial charge in [-0.1, -0.05) is 0 Å². The van der Waals surface area contributed by atoms with E-state index in [-0.39, 0.29) is 0 Å². The van der Waals surface area contributed by atoms with E-state index < -0.39 is 0 Å². The molecule has 0 saturated heterocycles. The van der Waals surface area contributed by atoms with Gasteiger partial charge >= 0.3 is 0 Å². The minimum atomic E-state index is 0.532. The van der Waals surface area contributed by atoms with E-state index in [4.69, 9.17) is 0 Å². The molecule has 0 bridgehead atoms. The highest BCUT2D eigenvalue weighted by atomic mass is 32.1. The molecule has 0 fully saturated rings. The van der Waals surface area contributed by atoms with Crippen molar-refractivity contribution < 1.29 is 0 Å². The average Bonchev–Trinajstić information content (AvgIpc) is 2.86. The maximum atomic E-state index is 3.60. The molecule has 0 spiro atoms. The Bertz CT molecular complexity index is 457. The van der Waals surface area contributed by atoms with Gasteiger partial charge in [-0.05, 0) is 61.2 Å². The molecule has 1 N–H and O–H groups in total. The summed E-state index contributed by atoms with van der Waals surface area (Å²) in [6, 6.07) is 5.04. The fourth-order valence-corrected chi connectivity index (χ4v) is 3.61. The van der Waals surface area contributed by atoms with Crippen LogP contribution in [0.2, 0.25) is 0 Å². The van der Waals surface area contributed by atoms with Crippen molar-refractivity contribution in [1.82, 2.24) is 5.32 Å². The summed E-state index contributed by atoms with van der Waals surface area (Å²) >= 11 is 3.66. The standard InChI is InChI=1S/C14H19NS2/c1-10(6-13-4-5-16-9-13)15-8-14-7-11(2)17-12(14)3/h4-5,7,9-10,15H,6,8H2,1-3H3. The van der Waals surface area contributed by atoms with Gasteiger partial charge in [0.1, 0.15) is 0 Å². The molecule has 1 unspecified atom stereocenters. The summed E-state index contributed by atoms with van der Waals surface area (Å²) in [5.41, 5.74) is 2.89. The number of aryl methyl sites for hydroxylation is 2. The zero-order chi connectivity index (χ0) is 12.3. The molecular weight excluding hydrogens is 246 g/mol. The number of thiophene rings is 2. The fourth-order valence-electron chi connectivity index (χ4n) is 1.98. The highest BCUT2D eigenvalue weighted by Crippen LogP contribution is 2.20. The summed E-state index contributed by atoms with van der Waals surface area (Å²) in [6.45, 7) is 7.63. The lowest BCUT2D eigenvalue weighted by molar-refractivity contribution is 0.546. The Labute approximate surface area is 112 Å². The first-order valence-corrected chi connectivity index (χ1v) is 7.71. The van der Waals surface area contributed by atoms with E-state index >= 15 is 0 Å². The topological polar surface area (TPSA) is 12.0 Å². The molecule has 3 heteroatoms. The van der Waals surface area contributed by atoms with Gasteiger partial charge in [-0.3, -0.25) is 0 Å². The Kier molecular flexibility index (Phi) is 4.37. The fraction of sp³-hybridized carbons (Fsp3) is 0.429. The molecule has 0 amide bonds. The Balaban J connectivity index is 1.84. The summed E-state index contributed by atoms with van der Waals surface area (Å²) in [7, 11) is 0. The van der Waals surface area contributed by atoms with Crippen molar-refractivity contribution in [2.75, 3.05) is 0 Å². The van der Waals surface area contributed by atoms with Crippen molar-refractivity contribution in [3.05, 3.63) is 43.8 Å². The quantitative estimate of drug-likeness (QED) is 0.856. The molecule has 2 aromatic heterocycles. The Morgan fingerprint density at radius 2 is 2.18 bits per heavy atom. The summed E-state index contributed by atoms with van der Waals surface area (Å²) in [5.74, 6) is 0. The molecule has 0 aromatic carbocycles. The van der Waals surface area contributed by atoms with Crippen molar-refractivity contribution in [3.63, 3.8) is 0 Å². The van der Waals surface area contributed by atoms with Crippen LogP contribution in [-0.2, 0) is 13.0 Å². The summed E-state index contributed by atoms with van der Waals surface area (Å²) < 4.78 is 0. The monoisotopic (exact) mass is 265 g/mol. The van der Waals surface area contributed by atoms with E-state index in [1.54, 1.807) is 11.3 Å². The van der Waals surface area contributed by atoms with Crippen molar-refractivity contribution in [2.24, 2.45) is 0 Å². The lowest BCUT2D eigenvalue weighted by Gasteiger charge is -2.12. The third-order valence-electron chi connectivity index (χ3n) is 2.91. The zero-order valence-corrected chi connectivity index (χ0v) is 12.3. The second-order valence-corrected chi connectivity index (χ2v) is 6.80. The molecule has 0 aliphatic rings. The highest BCUT2D eigenvalue weighted by molar-refractivity contribution is 7.12. The highest BCUT2D eigenvalue weighted by Gasteiger charge is 2.06. The third kappa shape index (κ3) is 3.66. The van der Waals surface area contributed by atoms with Crippen LogP contribution in [0.15, 0.2) is 22.9 Å². The molecule has 2 heterocycles. The number of hydrogen-bond donors (Lipinski definition) is 1. The van der Waals surface area contributed by atoms with Gasteiger partial charge in [0.2, 0.25) is 0 Å². The molecule has 92 valence electrons. The maximum Gasteiger partial charge on any atom is 0.0219 e. The van der Waals surface area contributed by atoms with Crippen molar-refractivity contribution in [2.45, 2.75) is 39.8 Å². The van der Waals surface area contributed by atoms with Crippen molar-refractivity contribution in [3.8, 4) is 0 Å². The molecule has 1 nitrogen and oxygen atoms in total. The molecule has 0 radical (unpaired) electrons. The molecule has 0 saturated carbocycles. The first kappa shape index (κ1) is 12.8. The third-order valence-corrected chi connectivity index (χ3v) is 4.65. The van der Waals surface area contributed by atoms with E-state index in [0.29, 0.717) is 6.04 Å². The van der Waals surface area contributed by atoms with Gasteiger partial charge in [0.15, 0.2) is 0 Å². The lowest BCUT2D eigenvalue weighted by atomic mass is 10.1. The largest absolute Gasteiger partial charge is 0.310 e. The summed E-state index contributed by atoms with van der Waals surface area (Å²) in [4.78, 5) is 2.85. The van der Waals surface area contributed by atoms with Crippen LogP contribution in [0.5, 0.6) is 0 Å². The van der Waals surface area contributed by atoms with Gasteiger partial charge in [0, 0.05) is 22.3 Å². The van der Waals surface area contributed by atoms with Crippen molar-refractivity contribution in [1.29, 1.82) is 0 Å². The van der Waals surface area contributed by atoms with Gasteiger partial charge in [-0.15, -0.1) is 11.3 Å². The predicted molar refractivity (Wildman–Crippen MR) is 78.1 cm³/mol. The Morgan fingerprint density at radius 3 is 2.76 bits per heavy atom. The molecule has 2 aromatic rings. The smallest absolute Gasteiger partial charge is 0.0219 e. The minimum Gasteiger partial charge on any atom is -0.310 e. The molecule has 0 aliphatic carbocycles. The lowest BCUT2D eigenvalue weighted by Crippen LogP contribution is -2.27. The molecule has 2 rings (SSSR count). The van der Waals surface area contributed by atoms with Gasteiger partial charge in [-0.2, -0.15) is 11.3 Å². The Morgan fingerprint density at radius 1 is 1.35 bits per heavy atom. The van der Waals surface area contributed by atoms with Crippen LogP contribution in [0, 0.1) is 13.8 Å². The average molecular weight is 265 g/mol. The first-order valence-electron chi connectivity index (χ1n) is 5.95. The number of rotatable bonds is 5. The summed E-state index contributed by atoms with van der Waals surface area (Å²) in [6.07, 6.45) is 1.12. The van der Waals surface area contributed by atoms with Gasteiger partial charge < -0.3 is 5.32 Å². The Hall–Kier alpha value is -0.640. The molecular formula is C14H19NS2. The van der Waals surface area contributed by atoms with Gasteiger partial charge in [0.05, 0.1) is 0 Å². The van der Waals surface area contributed by atoms with Crippen LogP contribution < -0.4 is 5.32 Å². The van der Waals surface area contributed by atoms with Gasteiger partial charge in [-0.25, -0.2) is 0 Å². The van der Waals surface area contributed by atoms with Crippen LogP contribution in [0.1, 0.15) is 27.8 Å². The van der Waals surface area contributed by atoms with E-state index in [0.717, 1.165) is 13.0 Å². The number of hydrogen-bond acceptors (Lipinski definition) is 3. The van der Waals surface area contributed by atoms with E-state index in [9.17, 15) is 0 Å². The van der Waals surface area contributed by atoms with Crippen LogP contribution in [0.3, 0.4) is 0 Å². The van der Waals surface area contributed by atoms with E-state index in [1.165, 1.54) is 20.9 Å². The van der Waals surface area contributed by atoms with E-state index in [1.807, 2.05) is 11.3 Å². The normalized spacial score (nSPS) is 12.9. The van der Waals surface area contributed by atoms with Crippen LogP contribution in [0.25, 0.3) is 0 Å². The predicted octanol–water partition coefficient (Wildman–Crippen LogP) is 4.15. The minimum absolute atomic E-state index is 0.532. The molecule has 0 aliphatic heterocycles. The number of nitrogens with one attached hydrogen (secondary N) is 1. The van der Waals surface area contributed by atoms with E-state index in [2.05, 4.69) is 49.0 Å². The van der Waals surface area contributed by atoms with Crippen LogP contribution in [0.4, 0.5) is 0 Å². The second-order valence-electron chi connectivity index (χ2n) is 4.56. The van der Waals surface area contributed by atoms with Crippen LogP contribution in [-0.4, -0.2) is 6.04 Å². The SMILES string of the molecule is Cc1cc(CNC(C)Cc2ccsc2)c(C)s1. The molecule has 1 atom stereocenters. The molecule has 17 heavy (non-hydrogen) atoms.